The van der Waals surface area contributed by atoms with Gasteiger partial charge >= 0.3 is 0 Å². The van der Waals surface area contributed by atoms with Crippen LogP contribution in [0.2, 0.25) is 0 Å². The molecule has 0 radical (unpaired) electrons. The van der Waals surface area contributed by atoms with Gasteiger partial charge in [-0.15, -0.1) is 0 Å². The van der Waals surface area contributed by atoms with Gasteiger partial charge in [-0.1, -0.05) is 0 Å². The summed E-state index contributed by atoms with van der Waals surface area (Å²) in [7, 11) is 1.76. The first-order chi connectivity index (χ1) is 5.10. The van der Waals surface area contributed by atoms with Crippen molar-refractivity contribution in [3.8, 4) is 0 Å². The molecule has 0 aromatic carbocycles. The number of nitrogens with zero attached hydrogens (tertiary/aromatic N) is 1. The molecular weight excluding hydrogens is 174 g/mol. The summed E-state index contributed by atoms with van der Waals surface area (Å²) in [5, 5.41) is 21.2. The van der Waals surface area contributed by atoms with E-state index in [1.54, 1.807) is 7.05 Å². The van der Waals surface area contributed by atoms with E-state index >= 15 is 0 Å². The summed E-state index contributed by atoms with van der Waals surface area (Å²) in [6, 6.07) is 0.368. The van der Waals surface area contributed by atoms with Crippen LogP contribution in [0.4, 0.5) is 0 Å². The Morgan fingerprint density at radius 1 is 1.15 bits per heavy atom. The summed E-state index contributed by atoms with van der Waals surface area (Å²) in [5.74, 6) is 0. The Labute approximate surface area is 77.8 Å². The van der Waals surface area contributed by atoms with Gasteiger partial charge in [0.05, 0.1) is 25.2 Å². The maximum absolute atomic E-state index is 11.8. The standard InChI is InChI=1S/C8H15NO2.2H2O/c1-9(11)6-2-3-7(9)5-8(10)4-6;;/h6-8,10H,2-5H2,1H3;2*1H2. The highest BCUT2D eigenvalue weighted by atomic mass is 16.5. The predicted octanol–water partition coefficient (Wildman–Crippen LogP) is -1.03. The van der Waals surface area contributed by atoms with Crippen LogP contribution in [0.15, 0.2) is 0 Å². The lowest BCUT2D eigenvalue weighted by Crippen LogP contribution is -2.54. The summed E-state index contributed by atoms with van der Waals surface area (Å²) in [4.78, 5) is 0. The van der Waals surface area contributed by atoms with E-state index in [-0.39, 0.29) is 33.8 Å². The maximum Gasteiger partial charge on any atom is 0.0914 e. The zero-order valence-corrected chi connectivity index (χ0v) is 7.86. The molecule has 13 heavy (non-hydrogen) atoms. The Kier molecular flexibility index (Phi) is 3.83. The van der Waals surface area contributed by atoms with Crippen molar-refractivity contribution in [2.75, 3.05) is 7.05 Å². The highest BCUT2D eigenvalue weighted by Gasteiger charge is 2.45. The molecule has 2 saturated heterocycles. The minimum Gasteiger partial charge on any atom is -0.633 e. The van der Waals surface area contributed by atoms with Crippen molar-refractivity contribution in [2.45, 2.75) is 43.9 Å². The Morgan fingerprint density at radius 2 is 1.54 bits per heavy atom. The molecule has 2 atom stereocenters. The molecule has 0 aliphatic carbocycles. The van der Waals surface area contributed by atoms with Crippen molar-refractivity contribution < 1.29 is 20.7 Å². The fourth-order valence-electron chi connectivity index (χ4n) is 2.57. The quantitative estimate of drug-likeness (QED) is 0.392. The largest absolute Gasteiger partial charge is 0.633 e. The summed E-state index contributed by atoms with van der Waals surface area (Å²) >= 11 is 0. The first kappa shape index (κ1) is 12.8. The average Bonchev–Trinajstić information content (AvgIpc) is 2.19. The third-order valence-corrected chi connectivity index (χ3v) is 3.37. The SMILES string of the molecule is C[N+]1([O-])C2CCC1CC(O)C2.O.O. The molecule has 5 nitrogen and oxygen atoms in total. The molecule has 2 heterocycles. The van der Waals surface area contributed by atoms with E-state index in [0.29, 0.717) is 0 Å². The maximum atomic E-state index is 11.8. The number of hydrogen-bond donors (Lipinski definition) is 1. The Balaban J connectivity index is 0.000000720. The molecular formula is C8H19NO4. The van der Waals surface area contributed by atoms with E-state index < -0.39 is 0 Å². The first-order valence-electron chi connectivity index (χ1n) is 4.35. The topological polar surface area (TPSA) is 106 Å². The molecule has 2 aliphatic heterocycles. The number of aliphatic hydroxyl groups is 1. The van der Waals surface area contributed by atoms with Gasteiger partial charge in [-0.2, -0.15) is 0 Å². The Hall–Kier alpha value is -0.200. The van der Waals surface area contributed by atoms with Crippen molar-refractivity contribution in [1.82, 2.24) is 0 Å². The molecule has 0 amide bonds. The fraction of sp³-hybridized carbons (Fsp3) is 1.00. The van der Waals surface area contributed by atoms with E-state index in [1.807, 2.05) is 0 Å². The predicted molar refractivity (Wildman–Crippen MR) is 48.8 cm³/mol. The van der Waals surface area contributed by atoms with Crippen molar-refractivity contribution in [3.05, 3.63) is 5.21 Å². The second kappa shape index (κ2) is 3.89. The van der Waals surface area contributed by atoms with Crippen molar-refractivity contribution in [3.63, 3.8) is 0 Å². The highest BCUT2D eigenvalue weighted by Crippen LogP contribution is 2.39. The molecule has 80 valence electrons. The second-order valence-corrected chi connectivity index (χ2v) is 4.07. The molecule has 0 aromatic heterocycles. The van der Waals surface area contributed by atoms with Crippen LogP contribution in [0.3, 0.4) is 0 Å². The highest BCUT2D eigenvalue weighted by molar-refractivity contribution is 4.85. The molecule has 5 heteroatoms. The van der Waals surface area contributed by atoms with Gasteiger partial charge < -0.3 is 25.9 Å². The second-order valence-electron chi connectivity index (χ2n) is 4.07. The molecule has 0 saturated carbocycles. The van der Waals surface area contributed by atoms with Crippen LogP contribution >= 0.6 is 0 Å². The van der Waals surface area contributed by atoms with E-state index in [4.69, 9.17) is 0 Å². The van der Waals surface area contributed by atoms with Gasteiger partial charge in [0.25, 0.3) is 0 Å². The van der Waals surface area contributed by atoms with Crippen LogP contribution in [0.1, 0.15) is 25.7 Å². The van der Waals surface area contributed by atoms with E-state index in [9.17, 15) is 10.3 Å². The van der Waals surface area contributed by atoms with Crippen LogP contribution in [-0.4, -0.2) is 45.9 Å². The van der Waals surface area contributed by atoms with E-state index in [0.717, 1.165) is 25.7 Å². The van der Waals surface area contributed by atoms with Gasteiger partial charge in [-0.05, 0) is 0 Å². The summed E-state index contributed by atoms with van der Waals surface area (Å²) in [6.45, 7) is 0. The zero-order chi connectivity index (χ0) is 8.06. The lowest BCUT2D eigenvalue weighted by molar-refractivity contribution is -0.903. The number of piperidine rings is 1. The van der Waals surface area contributed by atoms with Crippen LogP contribution in [0.5, 0.6) is 0 Å². The molecule has 2 unspecified atom stereocenters. The van der Waals surface area contributed by atoms with Gasteiger partial charge in [-0.3, -0.25) is 0 Å². The third kappa shape index (κ3) is 1.84. The minimum absolute atomic E-state index is 0. The first-order valence-corrected chi connectivity index (χ1v) is 4.35. The zero-order valence-electron chi connectivity index (χ0n) is 7.86. The molecule has 2 aliphatic rings. The van der Waals surface area contributed by atoms with Crippen LogP contribution in [-0.2, 0) is 0 Å². The molecule has 5 N–H and O–H groups in total. The number of fused-ring (bicyclic) bond motifs is 2. The summed E-state index contributed by atoms with van der Waals surface area (Å²) in [5.41, 5.74) is 0. The van der Waals surface area contributed by atoms with Crippen molar-refractivity contribution in [2.24, 2.45) is 0 Å². The Morgan fingerprint density at radius 3 is 1.92 bits per heavy atom. The minimum atomic E-state index is -0.201. The Bertz CT molecular complexity index is 158. The van der Waals surface area contributed by atoms with Gasteiger partial charge in [0.15, 0.2) is 0 Å². The van der Waals surface area contributed by atoms with Gasteiger partial charge in [0.1, 0.15) is 0 Å². The van der Waals surface area contributed by atoms with Gasteiger partial charge in [0, 0.05) is 25.7 Å². The van der Waals surface area contributed by atoms with E-state index in [1.165, 1.54) is 0 Å². The van der Waals surface area contributed by atoms with E-state index in [2.05, 4.69) is 0 Å². The summed E-state index contributed by atoms with van der Waals surface area (Å²) < 4.78 is -0.0862. The molecule has 0 spiro atoms. The number of quaternary nitrogens is 1. The lowest BCUT2D eigenvalue weighted by Gasteiger charge is -2.49. The lowest BCUT2D eigenvalue weighted by atomic mass is 10.0. The van der Waals surface area contributed by atoms with Gasteiger partial charge in [0.2, 0.25) is 0 Å². The summed E-state index contributed by atoms with van der Waals surface area (Å²) in [6.07, 6.45) is 3.27. The third-order valence-electron chi connectivity index (χ3n) is 3.37. The molecule has 0 aromatic rings. The van der Waals surface area contributed by atoms with Crippen LogP contribution in [0.25, 0.3) is 0 Å². The van der Waals surface area contributed by atoms with Crippen molar-refractivity contribution in [1.29, 1.82) is 0 Å². The molecule has 2 bridgehead atoms. The normalized spacial score (nSPS) is 47.8. The number of aliphatic hydroxyl groups excluding tert-OH is 1. The smallest absolute Gasteiger partial charge is 0.0914 e. The average molecular weight is 193 g/mol. The molecule has 2 rings (SSSR count). The molecule has 2 fully saturated rings. The fourth-order valence-corrected chi connectivity index (χ4v) is 2.57. The van der Waals surface area contributed by atoms with Crippen LogP contribution < -0.4 is 0 Å². The monoisotopic (exact) mass is 193 g/mol. The number of rotatable bonds is 0. The van der Waals surface area contributed by atoms with Crippen LogP contribution in [0, 0.1) is 5.21 Å². The van der Waals surface area contributed by atoms with Gasteiger partial charge in [-0.25, -0.2) is 0 Å². The number of hydrogen-bond acceptors (Lipinski definition) is 2. The number of hydroxylamine groups is 3. The van der Waals surface area contributed by atoms with Crippen molar-refractivity contribution >= 4 is 0 Å².